The molecule has 6 nitrogen and oxygen atoms in total. The number of carbonyl (C=O) groups excluding carboxylic acids is 1. The van der Waals surface area contributed by atoms with E-state index >= 15 is 0 Å². The van der Waals surface area contributed by atoms with Gasteiger partial charge in [0.1, 0.15) is 11.6 Å². The van der Waals surface area contributed by atoms with Crippen LogP contribution in [0.3, 0.4) is 0 Å². The van der Waals surface area contributed by atoms with Gasteiger partial charge in [-0.05, 0) is 40.2 Å². The van der Waals surface area contributed by atoms with Crippen LogP contribution in [0.5, 0.6) is 0 Å². The second-order valence-electron chi connectivity index (χ2n) is 6.37. The monoisotopic (exact) mass is 432 g/mol. The summed E-state index contributed by atoms with van der Waals surface area (Å²) in [4.78, 5) is 19.2. The summed E-state index contributed by atoms with van der Waals surface area (Å²) in [7, 11) is 1.90. The molecule has 0 atom stereocenters. The van der Waals surface area contributed by atoms with E-state index in [0.717, 1.165) is 10.9 Å². The molecule has 1 fully saturated rings. The number of fused-ring (bicyclic) bond motifs is 1. The summed E-state index contributed by atoms with van der Waals surface area (Å²) >= 11 is 3.19. The third-order valence-corrected chi connectivity index (χ3v) is 5.22. The molecule has 3 heterocycles. The van der Waals surface area contributed by atoms with E-state index in [1.54, 1.807) is 23.2 Å². The van der Waals surface area contributed by atoms with E-state index in [2.05, 4.69) is 26.2 Å². The molecule has 0 bridgehead atoms. The van der Waals surface area contributed by atoms with Crippen LogP contribution in [0.2, 0.25) is 0 Å². The van der Waals surface area contributed by atoms with Gasteiger partial charge in [0.2, 0.25) is 0 Å². The Kier molecular flexibility index (Phi) is 4.84. The van der Waals surface area contributed by atoms with Crippen LogP contribution in [-0.4, -0.2) is 46.7 Å². The topological polar surface area (TPSA) is 59.4 Å². The number of nitrogens with zero attached hydrogens (tertiary/aromatic N) is 3. The lowest BCUT2D eigenvalue weighted by atomic mass is 10.1. The normalized spacial score (nSPS) is 14.6. The SMILES string of the molecule is Cn1ccc2c(Nc3ccc(F)c(Br)c3)ncc(C(=O)N3CCOCC3)c21. The Hall–Kier alpha value is -2.45. The van der Waals surface area contributed by atoms with Gasteiger partial charge in [0.05, 0.1) is 28.8 Å². The molecule has 2 aromatic heterocycles. The maximum absolute atomic E-state index is 13.5. The number of nitrogens with one attached hydrogen (secondary N) is 1. The Balaban J connectivity index is 1.72. The highest BCUT2D eigenvalue weighted by Crippen LogP contribution is 2.30. The highest BCUT2D eigenvalue weighted by molar-refractivity contribution is 9.10. The standard InChI is InChI=1S/C19H18BrFN4O2/c1-24-5-4-13-17(24)14(19(26)25-6-8-27-9-7-25)11-22-18(13)23-12-2-3-16(21)15(20)10-12/h2-5,10-11H,6-9H2,1H3,(H,22,23). The minimum atomic E-state index is -0.329. The van der Waals surface area contributed by atoms with E-state index in [9.17, 15) is 9.18 Å². The molecule has 1 aliphatic heterocycles. The molecule has 3 aromatic rings. The van der Waals surface area contributed by atoms with E-state index in [1.807, 2.05) is 23.9 Å². The Morgan fingerprint density at radius 1 is 1.30 bits per heavy atom. The number of amides is 1. The maximum atomic E-state index is 13.5. The molecule has 1 aliphatic rings. The van der Waals surface area contributed by atoms with Gasteiger partial charge in [0.15, 0.2) is 0 Å². The Bertz CT molecular complexity index is 1010. The van der Waals surface area contributed by atoms with Crippen LogP contribution in [0, 0.1) is 5.82 Å². The van der Waals surface area contributed by atoms with Gasteiger partial charge in [-0.3, -0.25) is 4.79 Å². The van der Waals surface area contributed by atoms with Crippen molar-refractivity contribution in [2.75, 3.05) is 31.6 Å². The molecular weight excluding hydrogens is 415 g/mol. The number of morpholine rings is 1. The number of halogens is 2. The zero-order valence-corrected chi connectivity index (χ0v) is 16.3. The molecular formula is C19H18BrFN4O2. The number of rotatable bonds is 3. The molecule has 0 radical (unpaired) electrons. The van der Waals surface area contributed by atoms with Crippen molar-refractivity contribution in [2.24, 2.45) is 7.05 Å². The molecule has 1 N–H and O–H groups in total. The summed E-state index contributed by atoms with van der Waals surface area (Å²) in [5, 5.41) is 4.04. The summed E-state index contributed by atoms with van der Waals surface area (Å²) in [5.74, 6) is 0.237. The number of anilines is 2. The number of benzene rings is 1. The molecule has 8 heteroatoms. The van der Waals surface area contributed by atoms with E-state index in [0.29, 0.717) is 47.8 Å². The van der Waals surface area contributed by atoms with Crippen molar-refractivity contribution < 1.29 is 13.9 Å². The van der Waals surface area contributed by atoms with Crippen LogP contribution >= 0.6 is 15.9 Å². The van der Waals surface area contributed by atoms with Crippen LogP contribution in [0.25, 0.3) is 10.9 Å². The summed E-state index contributed by atoms with van der Waals surface area (Å²) in [6.45, 7) is 2.26. The second-order valence-corrected chi connectivity index (χ2v) is 7.22. The molecule has 4 rings (SSSR count). The average molecular weight is 433 g/mol. The zero-order chi connectivity index (χ0) is 19.0. The van der Waals surface area contributed by atoms with E-state index in [1.165, 1.54) is 6.07 Å². The smallest absolute Gasteiger partial charge is 0.257 e. The molecule has 1 aromatic carbocycles. The lowest BCUT2D eigenvalue weighted by Gasteiger charge is -2.27. The lowest BCUT2D eigenvalue weighted by molar-refractivity contribution is 0.0303. The number of carbonyl (C=O) groups is 1. The molecule has 27 heavy (non-hydrogen) atoms. The Morgan fingerprint density at radius 3 is 2.81 bits per heavy atom. The first-order valence-electron chi connectivity index (χ1n) is 8.58. The molecule has 0 aliphatic carbocycles. The highest BCUT2D eigenvalue weighted by atomic mass is 79.9. The fourth-order valence-corrected chi connectivity index (χ4v) is 3.60. The summed E-state index contributed by atoms with van der Waals surface area (Å²) < 4.78 is 21.1. The number of aryl methyl sites for hydroxylation is 1. The van der Waals surface area contributed by atoms with Crippen LogP contribution in [0.1, 0.15) is 10.4 Å². The molecule has 0 spiro atoms. The van der Waals surface area contributed by atoms with E-state index in [4.69, 9.17) is 4.74 Å². The second kappa shape index (κ2) is 7.28. The van der Waals surface area contributed by atoms with Gasteiger partial charge in [-0.15, -0.1) is 0 Å². The molecule has 140 valence electrons. The summed E-state index contributed by atoms with van der Waals surface area (Å²) in [6, 6.07) is 6.59. The average Bonchev–Trinajstić information content (AvgIpc) is 3.08. The number of ether oxygens (including phenoxy) is 1. The molecule has 1 saturated heterocycles. The highest BCUT2D eigenvalue weighted by Gasteiger charge is 2.23. The van der Waals surface area contributed by atoms with Gasteiger partial charge < -0.3 is 19.5 Å². The van der Waals surface area contributed by atoms with Crippen molar-refractivity contribution in [3.63, 3.8) is 0 Å². The summed E-state index contributed by atoms with van der Waals surface area (Å²) in [5.41, 5.74) is 2.07. The molecule has 0 saturated carbocycles. The third-order valence-electron chi connectivity index (χ3n) is 4.62. The van der Waals surface area contributed by atoms with Crippen molar-refractivity contribution in [2.45, 2.75) is 0 Å². The number of hydrogen-bond donors (Lipinski definition) is 1. The molecule has 0 unspecified atom stereocenters. The van der Waals surface area contributed by atoms with Crippen molar-refractivity contribution >= 4 is 44.2 Å². The minimum Gasteiger partial charge on any atom is -0.378 e. The van der Waals surface area contributed by atoms with Gasteiger partial charge >= 0.3 is 0 Å². The van der Waals surface area contributed by atoms with Crippen LogP contribution in [-0.2, 0) is 11.8 Å². The largest absolute Gasteiger partial charge is 0.378 e. The van der Waals surface area contributed by atoms with E-state index < -0.39 is 0 Å². The zero-order valence-electron chi connectivity index (χ0n) is 14.7. The lowest BCUT2D eigenvalue weighted by Crippen LogP contribution is -2.40. The Morgan fingerprint density at radius 2 is 2.07 bits per heavy atom. The van der Waals surface area contributed by atoms with Crippen molar-refractivity contribution in [1.82, 2.24) is 14.5 Å². The Labute approximate surface area is 164 Å². The van der Waals surface area contributed by atoms with Crippen molar-refractivity contribution in [1.29, 1.82) is 0 Å². The van der Waals surface area contributed by atoms with E-state index in [-0.39, 0.29) is 11.7 Å². The van der Waals surface area contributed by atoms with Gasteiger partial charge in [0.25, 0.3) is 5.91 Å². The summed E-state index contributed by atoms with van der Waals surface area (Å²) in [6.07, 6.45) is 3.50. The maximum Gasteiger partial charge on any atom is 0.257 e. The van der Waals surface area contributed by atoms with Gasteiger partial charge in [0, 0.05) is 43.6 Å². The molecule has 1 amide bonds. The first-order chi connectivity index (χ1) is 13.0. The first-order valence-corrected chi connectivity index (χ1v) is 9.37. The number of aromatic nitrogens is 2. The quantitative estimate of drug-likeness (QED) is 0.685. The van der Waals surface area contributed by atoms with Gasteiger partial charge in [-0.1, -0.05) is 0 Å². The predicted octanol–water partition coefficient (Wildman–Crippen LogP) is 3.69. The minimum absolute atomic E-state index is 0.0475. The first kappa shape index (κ1) is 17.9. The predicted molar refractivity (Wildman–Crippen MR) is 105 cm³/mol. The van der Waals surface area contributed by atoms with Gasteiger partial charge in [-0.2, -0.15) is 0 Å². The van der Waals surface area contributed by atoms with Gasteiger partial charge in [-0.25, -0.2) is 9.37 Å². The van der Waals surface area contributed by atoms with Crippen LogP contribution in [0.15, 0.2) is 41.1 Å². The number of hydrogen-bond acceptors (Lipinski definition) is 4. The van der Waals surface area contributed by atoms with Crippen LogP contribution in [0.4, 0.5) is 15.9 Å². The fourth-order valence-electron chi connectivity index (χ4n) is 3.22. The van der Waals surface area contributed by atoms with Crippen molar-refractivity contribution in [3.05, 3.63) is 52.5 Å². The number of pyridine rings is 1. The third kappa shape index (κ3) is 3.42. The van der Waals surface area contributed by atoms with Crippen molar-refractivity contribution in [3.8, 4) is 0 Å². The van der Waals surface area contributed by atoms with Crippen LogP contribution < -0.4 is 5.32 Å². The fraction of sp³-hybridized carbons (Fsp3) is 0.263.